The fourth-order valence-electron chi connectivity index (χ4n) is 1.66. The smallest absolute Gasteiger partial charge is 0.404 e. The third-order valence-corrected chi connectivity index (χ3v) is 2.75. The Hall–Kier alpha value is -2.16. The zero-order valence-electron chi connectivity index (χ0n) is 9.75. The van der Waals surface area contributed by atoms with Crippen LogP contribution in [0.3, 0.4) is 0 Å². The van der Waals surface area contributed by atoms with Crippen LogP contribution in [0.1, 0.15) is 11.4 Å². The third kappa shape index (κ3) is 2.40. The lowest BCUT2D eigenvalue weighted by molar-refractivity contribution is -0.130. The van der Waals surface area contributed by atoms with Gasteiger partial charge < -0.3 is 21.5 Å². The molecule has 9 heteroatoms. The average Bonchev–Trinajstić information content (AvgIpc) is 2.66. The fraction of sp³-hybridized carbons (Fsp3) is 0.556. The van der Waals surface area contributed by atoms with E-state index in [1.807, 2.05) is 0 Å². The Kier molecular flexibility index (Phi) is 3.15. The minimum atomic E-state index is -1.11. The van der Waals surface area contributed by atoms with Gasteiger partial charge in [0.15, 0.2) is 0 Å². The highest BCUT2D eigenvalue weighted by atomic mass is 16.4. The molecule has 1 aliphatic rings. The summed E-state index contributed by atoms with van der Waals surface area (Å²) >= 11 is 0. The summed E-state index contributed by atoms with van der Waals surface area (Å²) in [6.45, 7) is 2.21. The summed E-state index contributed by atoms with van der Waals surface area (Å²) in [6, 6.07) is -0.707. The molecule has 1 aliphatic heterocycles. The number of nitrogens with one attached hydrogen (secondary N) is 2. The maximum Gasteiger partial charge on any atom is 0.404 e. The molecule has 1 saturated heterocycles. The van der Waals surface area contributed by atoms with Gasteiger partial charge in [0.25, 0.3) is 0 Å². The van der Waals surface area contributed by atoms with E-state index in [1.54, 1.807) is 6.92 Å². The molecule has 0 aromatic carbocycles. The molecule has 0 unspecified atom stereocenters. The molecule has 1 fully saturated rings. The first kappa shape index (κ1) is 12.3. The van der Waals surface area contributed by atoms with Crippen molar-refractivity contribution >= 4 is 12.0 Å². The van der Waals surface area contributed by atoms with Crippen LogP contribution in [0.25, 0.3) is 0 Å². The van der Waals surface area contributed by atoms with Crippen LogP contribution in [-0.2, 0) is 17.9 Å². The first-order valence-electron chi connectivity index (χ1n) is 5.40. The minimum absolute atomic E-state index is 0.101. The highest BCUT2D eigenvalue weighted by Gasteiger charge is 2.36. The number of aromatic nitrogens is 3. The van der Waals surface area contributed by atoms with Crippen molar-refractivity contribution in [1.82, 2.24) is 25.6 Å². The zero-order chi connectivity index (χ0) is 13.3. The van der Waals surface area contributed by atoms with Crippen LogP contribution in [0.15, 0.2) is 0 Å². The SMILES string of the molecule is Cc1nn(C[C@H]2NC(=O)[C@H]2N)nc1CNC(=O)O. The number of hydrogen-bond donors (Lipinski definition) is 4. The van der Waals surface area contributed by atoms with Gasteiger partial charge in [0.05, 0.1) is 24.8 Å². The molecular weight excluding hydrogens is 240 g/mol. The van der Waals surface area contributed by atoms with Gasteiger partial charge in [-0.1, -0.05) is 0 Å². The number of hydrogen-bond acceptors (Lipinski definition) is 5. The van der Waals surface area contributed by atoms with Crippen LogP contribution < -0.4 is 16.4 Å². The Labute approximate surface area is 102 Å². The van der Waals surface area contributed by atoms with Gasteiger partial charge in [-0.05, 0) is 6.92 Å². The molecule has 0 spiro atoms. The highest BCUT2D eigenvalue weighted by Crippen LogP contribution is 2.07. The van der Waals surface area contributed by atoms with Gasteiger partial charge in [-0.3, -0.25) is 4.79 Å². The second-order valence-corrected chi connectivity index (χ2v) is 4.09. The van der Waals surface area contributed by atoms with Crippen molar-refractivity contribution in [2.24, 2.45) is 5.73 Å². The number of β-lactam (4-membered cyclic amide) rings is 1. The molecule has 18 heavy (non-hydrogen) atoms. The highest BCUT2D eigenvalue weighted by molar-refractivity contribution is 5.88. The van der Waals surface area contributed by atoms with Crippen molar-refractivity contribution < 1.29 is 14.7 Å². The third-order valence-electron chi connectivity index (χ3n) is 2.75. The molecule has 2 amide bonds. The molecule has 9 nitrogen and oxygen atoms in total. The second kappa shape index (κ2) is 4.61. The summed E-state index contributed by atoms with van der Waals surface area (Å²) < 4.78 is 0. The van der Waals surface area contributed by atoms with Crippen LogP contribution in [0.4, 0.5) is 4.79 Å². The predicted octanol–water partition coefficient (Wildman–Crippen LogP) is -1.82. The van der Waals surface area contributed by atoms with Crippen LogP contribution in [0.2, 0.25) is 0 Å². The molecule has 1 aromatic rings. The van der Waals surface area contributed by atoms with Gasteiger partial charge in [-0.25, -0.2) is 4.79 Å². The average molecular weight is 254 g/mol. The standard InChI is InChI=1S/C9H14N6O3/c1-4-5(2-11-9(17)18)14-15(13-4)3-6-7(10)8(16)12-6/h6-7,11H,2-3,10H2,1H3,(H,12,16)(H,17,18)/t6-,7+/m1/s1. The summed E-state index contributed by atoms with van der Waals surface area (Å²) in [5, 5.41) is 21.6. The van der Waals surface area contributed by atoms with Gasteiger partial charge >= 0.3 is 6.09 Å². The Morgan fingerprint density at radius 2 is 2.33 bits per heavy atom. The molecule has 2 heterocycles. The Morgan fingerprint density at radius 1 is 1.61 bits per heavy atom. The molecule has 0 aliphatic carbocycles. The Morgan fingerprint density at radius 3 is 2.89 bits per heavy atom. The molecule has 98 valence electrons. The Balaban J connectivity index is 1.96. The second-order valence-electron chi connectivity index (χ2n) is 4.09. The van der Waals surface area contributed by atoms with Gasteiger partial charge in [0.2, 0.25) is 5.91 Å². The number of carbonyl (C=O) groups excluding carboxylic acids is 1. The first-order valence-corrected chi connectivity index (χ1v) is 5.40. The lowest BCUT2D eigenvalue weighted by atomic mass is 10.0. The zero-order valence-corrected chi connectivity index (χ0v) is 9.75. The summed E-state index contributed by atoms with van der Waals surface area (Å²) in [6.07, 6.45) is -1.11. The van der Waals surface area contributed by atoms with Crippen molar-refractivity contribution in [2.45, 2.75) is 32.1 Å². The molecule has 2 rings (SSSR count). The molecule has 5 N–H and O–H groups in total. The van der Waals surface area contributed by atoms with Crippen LogP contribution in [0, 0.1) is 6.92 Å². The van der Waals surface area contributed by atoms with Crippen LogP contribution in [0.5, 0.6) is 0 Å². The number of nitrogens with zero attached hydrogens (tertiary/aromatic N) is 3. The van der Waals surface area contributed by atoms with E-state index in [4.69, 9.17) is 10.8 Å². The lowest BCUT2D eigenvalue weighted by Gasteiger charge is -2.33. The minimum Gasteiger partial charge on any atom is -0.465 e. The normalized spacial score (nSPS) is 22.2. The van der Waals surface area contributed by atoms with Crippen molar-refractivity contribution in [3.8, 4) is 0 Å². The van der Waals surface area contributed by atoms with Crippen molar-refractivity contribution in [3.05, 3.63) is 11.4 Å². The van der Waals surface area contributed by atoms with E-state index in [2.05, 4.69) is 20.8 Å². The van der Waals surface area contributed by atoms with E-state index in [9.17, 15) is 9.59 Å². The molecule has 1 aromatic heterocycles. The topological polar surface area (TPSA) is 135 Å². The summed E-state index contributed by atoms with van der Waals surface area (Å²) in [5.41, 5.74) is 6.78. The van der Waals surface area contributed by atoms with E-state index >= 15 is 0 Å². The number of aryl methyl sites for hydroxylation is 1. The van der Waals surface area contributed by atoms with E-state index in [0.717, 1.165) is 0 Å². The van der Waals surface area contributed by atoms with Crippen molar-refractivity contribution in [1.29, 1.82) is 0 Å². The van der Waals surface area contributed by atoms with E-state index < -0.39 is 12.1 Å². The van der Waals surface area contributed by atoms with Crippen molar-refractivity contribution in [3.63, 3.8) is 0 Å². The molecule has 0 bridgehead atoms. The molecular formula is C9H14N6O3. The number of carbonyl (C=O) groups is 2. The quantitative estimate of drug-likeness (QED) is 0.467. The maximum atomic E-state index is 10.9. The van der Waals surface area contributed by atoms with Gasteiger partial charge in [-0.15, -0.1) is 0 Å². The predicted molar refractivity (Wildman–Crippen MR) is 59.5 cm³/mol. The van der Waals surface area contributed by atoms with Gasteiger partial charge in [0, 0.05) is 0 Å². The largest absolute Gasteiger partial charge is 0.465 e. The van der Waals surface area contributed by atoms with Crippen LogP contribution >= 0.6 is 0 Å². The molecule has 0 radical (unpaired) electrons. The lowest BCUT2D eigenvalue weighted by Crippen LogP contribution is -2.68. The number of amides is 2. The van der Waals surface area contributed by atoms with Crippen LogP contribution in [-0.4, -0.2) is 44.2 Å². The number of carboxylic acid groups (broad SMARTS) is 1. The van der Waals surface area contributed by atoms with E-state index in [1.165, 1.54) is 4.80 Å². The maximum absolute atomic E-state index is 10.9. The molecule has 0 saturated carbocycles. The summed E-state index contributed by atoms with van der Waals surface area (Å²) in [4.78, 5) is 22.7. The number of nitrogens with two attached hydrogens (primary N) is 1. The summed E-state index contributed by atoms with van der Waals surface area (Å²) in [7, 11) is 0. The Bertz CT molecular complexity index is 485. The van der Waals surface area contributed by atoms with E-state index in [-0.39, 0.29) is 18.5 Å². The fourth-order valence-corrected chi connectivity index (χ4v) is 1.66. The van der Waals surface area contributed by atoms with E-state index in [0.29, 0.717) is 17.9 Å². The number of rotatable bonds is 4. The first-order chi connectivity index (χ1) is 8.47. The van der Waals surface area contributed by atoms with Gasteiger partial charge in [-0.2, -0.15) is 15.0 Å². The monoisotopic (exact) mass is 254 g/mol. The molecule has 2 atom stereocenters. The summed E-state index contributed by atoms with van der Waals surface area (Å²) in [5.74, 6) is -0.184. The van der Waals surface area contributed by atoms with Crippen molar-refractivity contribution in [2.75, 3.05) is 0 Å². The van der Waals surface area contributed by atoms with Gasteiger partial charge in [0.1, 0.15) is 11.7 Å².